The van der Waals surface area contributed by atoms with Crippen LogP contribution in [0.4, 0.5) is 5.69 Å². The number of hydrogen-bond acceptors (Lipinski definition) is 5. The Balaban J connectivity index is 1.65. The van der Waals surface area contributed by atoms with E-state index in [-0.39, 0.29) is 17.2 Å². The number of thiazole rings is 1. The second-order valence-corrected chi connectivity index (χ2v) is 9.66. The average Bonchev–Trinajstić information content (AvgIpc) is 3.16. The molecule has 0 saturated heterocycles. The summed E-state index contributed by atoms with van der Waals surface area (Å²) in [6, 6.07) is 13.6. The van der Waals surface area contributed by atoms with Crippen molar-refractivity contribution < 1.29 is 13.2 Å². The fourth-order valence-corrected chi connectivity index (χ4v) is 4.98. The van der Waals surface area contributed by atoms with Gasteiger partial charge in [-0.05, 0) is 30.7 Å². The molecule has 6 nitrogen and oxygen atoms in total. The molecule has 2 N–H and O–H groups in total. The molecule has 1 aromatic heterocycles. The number of halogens is 1. The van der Waals surface area contributed by atoms with Crippen molar-refractivity contribution in [2.75, 3.05) is 11.9 Å². The van der Waals surface area contributed by atoms with Gasteiger partial charge in [0.15, 0.2) is 0 Å². The van der Waals surface area contributed by atoms with Crippen LogP contribution < -0.4 is 10.0 Å². The molecule has 1 amide bonds. The molecule has 0 atom stereocenters. The molecule has 0 aliphatic carbocycles. The van der Waals surface area contributed by atoms with Gasteiger partial charge >= 0.3 is 0 Å². The van der Waals surface area contributed by atoms with Crippen molar-refractivity contribution in [3.05, 3.63) is 64.6 Å². The van der Waals surface area contributed by atoms with Gasteiger partial charge < -0.3 is 5.32 Å². The summed E-state index contributed by atoms with van der Waals surface area (Å²) in [7, 11) is -3.61. The van der Waals surface area contributed by atoms with E-state index in [9.17, 15) is 13.2 Å². The van der Waals surface area contributed by atoms with Crippen LogP contribution in [0, 0.1) is 0 Å². The average molecular weight is 464 g/mol. The first-order valence-electron chi connectivity index (χ1n) is 9.48. The van der Waals surface area contributed by atoms with E-state index in [0.717, 1.165) is 23.4 Å². The Morgan fingerprint density at radius 1 is 1.17 bits per heavy atom. The number of nitrogens with one attached hydrogen (secondary N) is 2. The van der Waals surface area contributed by atoms with E-state index < -0.39 is 10.0 Å². The number of carbonyl (C=O) groups is 1. The number of anilines is 1. The van der Waals surface area contributed by atoms with Gasteiger partial charge in [0.1, 0.15) is 5.01 Å². The van der Waals surface area contributed by atoms with Gasteiger partial charge in [0.2, 0.25) is 15.9 Å². The Kier molecular flexibility index (Phi) is 7.60. The SMILES string of the molecule is CCCCNS(=O)(=O)c1cccc(NC(=O)Cc2csc(-c3ccccc3Cl)n2)c1. The maximum absolute atomic E-state index is 12.4. The van der Waals surface area contributed by atoms with Crippen molar-refractivity contribution in [1.29, 1.82) is 0 Å². The maximum Gasteiger partial charge on any atom is 0.240 e. The van der Waals surface area contributed by atoms with Gasteiger partial charge in [-0.1, -0.05) is 49.2 Å². The second-order valence-electron chi connectivity index (χ2n) is 6.63. The molecule has 0 saturated carbocycles. The van der Waals surface area contributed by atoms with Crippen molar-refractivity contribution in [2.45, 2.75) is 31.1 Å². The summed E-state index contributed by atoms with van der Waals surface area (Å²) < 4.78 is 27.3. The highest BCUT2D eigenvalue weighted by atomic mass is 35.5. The van der Waals surface area contributed by atoms with Crippen LogP contribution in [0.1, 0.15) is 25.5 Å². The van der Waals surface area contributed by atoms with Gasteiger partial charge in [-0.25, -0.2) is 18.1 Å². The number of nitrogens with zero attached hydrogens (tertiary/aromatic N) is 1. The first-order chi connectivity index (χ1) is 14.4. The van der Waals surface area contributed by atoms with Gasteiger partial charge in [0.25, 0.3) is 0 Å². The highest BCUT2D eigenvalue weighted by molar-refractivity contribution is 7.89. The number of sulfonamides is 1. The summed E-state index contributed by atoms with van der Waals surface area (Å²) >= 11 is 7.62. The largest absolute Gasteiger partial charge is 0.326 e. The van der Waals surface area contributed by atoms with E-state index in [1.165, 1.54) is 23.5 Å². The highest BCUT2D eigenvalue weighted by Gasteiger charge is 2.15. The number of aromatic nitrogens is 1. The minimum absolute atomic E-state index is 0.0761. The lowest BCUT2D eigenvalue weighted by Crippen LogP contribution is -2.25. The summed E-state index contributed by atoms with van der Waals surface area (Å²) in [4.78, 5) is 17.0. The molecular formula is C21H22ClN3O3S2. The maximum atomic E-state index is 12.4. The van der Waals surface area contributed by atoms with Gasteiger partial charge in [0, 0.05) is 23.2 Å². The summed E-state index contributed by atoms with van der Waals surface area (Å²) in [6.07, 6.45) is 1.74. The summed E-state index contributed by atoms with van der Waals surface area (Å²) in [5.74, 6) is -0.278. The van der Waals surface area contributed by atoms with Crippen LogP contribution in [0.5, 0.6) is 0 Å². The minimum atomic E-state index is -3.61. The van der Waals surface area contributed by atoms with E-state index in [0.29, 0.717) is 22.9 Å². The third-order valence-corrected chi connectivity index (χ3v) is 6.96. The van der Waals surface area contributed by atoms with E-state index in [1.54, 1.807) is 18.2 Å². The molecule has 2 aromatic carbocycles. The molecule has 0 bridgehead atoms. The number of benzene rings is 2. The Morgan fingerprint density at radius 2 is 1.97 bits per heavy atom. The molecule has 1 heterocycles. The molecule has 30 heavy (non-hydrogen) atoms. The summed E-state index contributed by atoms with van der Waals surface area (Å²) in [5, 5.41) is 5.90. The van der Waals surface area contributed by atoms with Gasteiger partial charge in [0.05, 0.1) is 22.0 Å². The van der Waals surface area contributed by atoms with E-state index in [1.807, 2.05) is 30.5 Å². The Morgan fingerprint density at radius 3 is 2.73 bits per heavy atom. The molecule has 3 aromatic rings. The Hall–Kier alpha value is -2.26. The topological polar surface area (TPSA) is 88.2 Å². The van der Waals surface area contributed by atoms with Gasteiger partial charge in [-0.2, -0.15) is 0 Å². The fraction of sp³-hybridized carbons (Fsp3) is 0.238. The highest BCUT2D eigenvalue weighted by Crippen LogP contribution is 2.30. The van der Waals surface area contributed by atoms with Crippen LogP contribution in [-0.4, -0.2) is 25.9 Å². The molecule has 9 heteroatoms. The van der Waals surface area contributed by atoms with Crippen LogP contribution in [0.25, 0.3) is 10.6 Å². The molecule has 3 rings (SSSR count). The number of carbonyl (C=O) groups excluding carboxylic acids is 1. The zero-order valence-electron chi connectivity index (χ0n) is 16.4. The fourth-order valence-electron chi connectivity index (χ4n) is 2.72. The van der Waals surface area contributed by atoms with E-state index in [2.05, 4.69) is 15.0 Å². The van der Waals surface area contributed by atoms with Crippen LogP contribution >= 0.6 is 22.9 Å². The molecule has 0 unspecified atom stereocenters. The van der Waals surface area contributed by atoms with E-state index >= 15 is 0 Å². The molecule has 0 fully saturated rings. The zero-order chi connectivity index (χ0) is 21.6. The molecule has 0 aliphatic rings. The smallest absolute Gasteiger partial charge is 0.240 e. The van der Waals surface area contributed by atoms with Crippen LogP contribution in [0.2, 0.25) is 5.02 Å². The quantitative estimate of drug-likeness (QED) is 0.449. The summed E-state index contributed by atoms with van der Waals surface area (Å²) in [6.45, 7) is 2.37. The second kappa shape index (κ2) is 10.2. The molecule has 0 aliphatic heterocycles. The van der Waals surface area contributed by atoms with Crippen molar-refractivity contribution >= 4 is 44.6 Å². The number of rotatable bonds is 9. The Labute approximate surface area is 185 Å². The molecule has 0 spiro atoms. The lowest BCUT2D eigenvalue weighted by Gasteiger charge is -2.09. The first kappa shape index (κ1) is 22.4. The third-order valence-electron chi connectivity index (χ3n) is 4.25. The van der Waals surface area contributed by atoms with Gasteiger partial charge in [-0.15, -0.1) is 11.3 Å². The van der Waals surface area contributed by atoms with Crippen LogP contribution in [0.3, 0.4) is 0 Å². The zero-order valence-corrected chi connectivity index (χ0v) is 18.8. The van der Waals surface area contributed by atoms with Crippen molar-refractivity contribution in [3.63, 3.8) is 0 Å². The predicted octanol–water partition coefficient (Wildman–Crippen LogP) is 4.72. The standard InChI is InChI=1S/C21H22ClN3O3S2/c1-2-3-11-23-30(27,28)17-8-6-7-15(12-17)24-20(26)13-16-14-29-21(25-16)18-9-4-5-10-19(18)22/h4-10,12,14,23H,2-3,11,13H2,1H3,(H,24,26). The summed E-state index contributed by atoms with van der Waals surface area (Å²) in [5.41, 5.74) is 1.86. The minimum Gasteiger partial charge on any atom is -0.326 e. The van der Waals surface area contributed by atoms with Crippen molar-refractivity contribution in [3.8, 4) is 10.6 Å². The Bertz CT molecular complexity index is 1130. The molecular weight excluding hydrogens is 442 g/mol. The first-order valence-corrected chi connectivity index (χ1v) is 12.2. The van der Waals surface area contributed by atoms with Crippen molar-refractivity contribution in [1.82, 2.24) is 9.71 Å². The number of hydrogen-bond donors (Lipinski definition) is 2. The van der Waals surface area contributed by atoms with Crippen LogP contribution in [0.15, 0.2) is 58.8 Å². The lowest BCUT2D eigenvalue weighted by atomic mass is 10.2. The van der Waals surface area contributed by atoms with E-state index in [4.69, 9.17) is 11.6 Å². The van der Waals surface area contributed by atoms with Crippen LogP contribution in [-0.2, 0) is 21.2 Å². The normalized spacial score (nSPS) is 11.4. The molecule has 0 radical (unpaired) electrons. The number of unbranched alkanes of at least 4 members (excludes halogenated alkanes) is 1. The number of amides is 1. The van der Waals surface area contributed by atoms with Gasteiger partial charge in [-0.3, -0.25) is 4.79 Å². The predicted molar refractivity (Wildman–Crippen MR) is 121 cm³/mol. The monoisotopic (exact) mass is 463 g/mol. The lowest BCUT2D eigenvalue weighted by molar-refractivity contribution is -0.115. The van der Waals surface area contributed by atoms with Crippen molar-refractivity contribution in [2.24, 2.45) is 0 Å². The molecule has 158 valence electrons. The third kappa shape index (κ3) is 5.89.